The summed E-state index contributed by atoms with van der Waals surface area (Å²) < 4.78 is 5.66. The van der Waals surface area contributed by atoms with Gasteiger partial charge in [0.1, 0.15) is 5.75 Å². The second kappa shape index (κ2) is 8.49. The van der Waals surface area contributed by atoms with Crippen molar-refractivity contribution in [3.05, 3.63) is 84.6 Å². The summed E-state index contributed by atoms with van der Waals surface area (Å²) in [6.45, 7) is 0.564. The topological polar surface area (TPSA) is 63.2 Å². The molecule has 0 bridgehead atoms. The van der Waals surface area contributed by atoms with Crippen molar-refractivity contribution >= 4 is 11.7 Å². The highest BCUT2D eigenvalue weighted by Crippen LogP contribution is 2.21. The van der Waals surface area contributed by atoms with Gasteiger partial charge >= 0.3 is 6.03 Å². The van der Waals surface area contributed by atoms with Gasteiger partial charge in [-0.3, -0.25) is 0 Å². The van der Waals surface area contributed by atoms with E-state index in [1.807, 2.05) is 60.7 Å². The zero-order valence-electron chi connectivity index (χ0n) is 13.7. The molecule has 3 rings (SSSR count). The third kappa shape index (κ3) is 5.35. The van der Waals surface area contributed by atoms with E-state index in [1.165, 1.54) is 5.56 Å². The number of para-hydroxylation sites is 1. The van der Waals surface area contributed by atoms with Gasteiger partial charge in [-0.15, -0.1) is 0 Å². The Morgan fingerprint density at radius 3 is 2.44 bits per heavy atom. The molecule has 2 aromatic carbocycles. The van der Waals surface area contributed by atoms with Crippen LogP contribution in [-0.2, 0) is 6.42 Å². The van der Waals surface area contributed by atoms with E-state index in [1.54, 1.807) is 18.3 Å². The lowest BCUT2D eigenvalue weighted by Crippen LogP contribution is -2.30. The first-order valence-corrected chi connectivity index (χ1v) is 8.07. The van der Waals surface area contributed by atoms with Crippen molar-refractivity contribution in [2.45, 2.75) is 6.42 Å². The highest BCUT2D eigenvalue weighted by Gasteiger charge is 2.04. The quantitative estimate of drug-likeness (QED) is 0.709. The molecule has 0 radical (unpaired) electrons. The van der Waals surface area contributed by atoms with Gasteiger partial charge in [0.2, 0.25) is 5.88 Å². The first-order valence-electron chi connectivity index (χ1n) is 8.07. The summed E-state index contributed by atoms with van der Waals surface area (Å²) in [5.41, 5.74) is 1.81. The number of carbonyl (C=O) groups is 1. The van der Waals surface area contributed by atoms with E-state index in [2.05, 4.69) is 15.6 Å². The molecular formula is C20H19N3O2. The molecule has 5 nitrogen and oxygen atoms in total. The third-order valence-electron chi connectivity index (χ3n) is 3.50. The lowest BCUT2D eigenvalue weighted by atomic mass is 10.1. The minimum absolute atomic E-state index is 0.257. The average Bonchev–Trinajstić information content (AvgIpc) is 2.64. The third-order valence-corrected chi connectivity index (χ3v) is 3.50. The summed E-state index contributed by atoms with van der Waals surface area (Å²) in [7, 11) is 0. The summed E-state index contributed by atoms with van der Waals surface area (Å²) >= 11 is 0. The maximum absolute atomic E-state index is 12.0. The number of benzene rings is 2. The number of ether oxygens (including phenoxy) is 1. The van der Waals surface area contributed by atoms with Crippen LogP contribution in [0.25, 0.3) is 0 Å². The monoisotopic (exact) mass is 333 g/mol. The molecule has 126 valence electrons. The molecule has 0 saturated carbocycles. The van der Waals surface area contributed by atoms with Crippen LogP contribution in [0.2, 0.25) is 0 Å². The van der Waals surface area contributed by atoms with Gasteiger partial charge in [-0.05, 0) is 30.2 Å². The molecule has 0 saturated heterocycles. The van der Waals surface area contributed by atoms with Crippen LogP contribution >= 0.6 is 0 Å². The standard InChI is InChI=1S/C20H19N3O2/c24-20(22-13-11-16-7-3-1-4-8-16)23-17-12-14-21-19(15-17)25-18-9-5-2-6-10-18/h1-10,12,14-15H,11,13H2,(H2,21,22,23,24). The van der Waals surface area contributed by atoms with E-state index in [0.29, 0.717) is 23.9 Å². The number of urea groups is 1. The van der Waals surface area contributed by atoms with Crippen LogP contribution in [0.4, 0.5) is 10.5 Å². The van der Waals surface area contributed by atoms with Gasteiger partial charge in [-0.2, -0.15) is 0 Å². The molecule has 0 unspecified atom stereocenters. The van der Waals surface area contributed by atoms with Crippen LogP contribution in [0.3, 0.4) is 0 Å². The average molecular weight is 333 g/mol. The molecule has 0 spiro atoms. The normalized spacial score (nSPS) is 10.1. The number of amides is 2. The van der Waals surface area contributed by atoms with Crippen molar-refractivity contribution < 1.29 is 9.53 Å². The Balaban J connectivity index is 1.50. The largest absolute Gasteiger partial charge is 0.439 e. The SMILES string of the molecule is O=C(NCCc1ccccc1)Nc1ccnc(Oc2ccccc2)c1. The summed E-state index contributed by atoms with van der Waals surface area (Å²) in [5, 5.41) is 5.62. The zero-order chi connectivity index (χ0) is 17.3. The Kier molecular flexibility index (Phi) is 5.61. The first kappa shape index (κ1) is 16.5. The maximum atomic E-state index is 12.0. The van der Waals surface area contributed by atoms with Gasteiger partial charge in [-0.1, -0.05) is 48.5 Å². The van der Waals surface area contributed by atoms with Gasteiger partial charge in [0.05, 0.1) is 0 Å². The molecule has 0 atom stereocenters. The number of aromatic nitrogens is 1. The highest BCUT2D eigenvalue weighted by atomic mass is 16.5. The van der Waals surface area contributed by atoms with Crippen LogP contribution in [0.5, 0.6) is 11.6 Å². The van der Waals surface area contributed by atoms with Crippen LogP contribution in [-0.4, -0.2) is 17.6 Å². The first-order chi connectivity index (χ1) is 12.3. The number of carbonyl (C=O) groups excluding carboxylic acids is 1. The molecule has 0 fully saturated rings. The summed E-state index contributed by atoms with van der Waals surface area (Å²) in [5.74, 6) is 1.12. The number of rotatable bonds is 6. The molecule has 25 heavy (non-hydrogen) atoms. The van der Waals surface area contributed by atoms with Crippen LogP contribution < -0.4 is 15.4 Å². The number of hydrogen-bond acceptors (Lipinski definition) is 3. The minimum Gasteiger partial charge on any atom is -0.439 e. The van der Waals surface area contributed by atoms with Crippen molar-refractivity contribution in [1.82, 2.24) is 10.3 Å². The fourth-order valence-corrected chi connectivity index (χ4v) is 2.29. The fourth-order valence-electron chi connectivity index (χ4n) is 2.29. The second-order valence-electron chi connectivity index (χ2n) is 5.41. The highest BCUT2D eigenvalue weighted by molar-refractivity contribution is 5.89. The van der Waals surface area contributed by atoms with Gasteiger partial charge < -0.3 is 15.4 Å². The Hall–Kier alpha value is -3.34. The van der Waals surface area contributed by atoms with Crippen LogP contribution in [0, 0.1) is 0 Å². The van der Waals surface area contributed by atoms with E-state index < -0.39 is 0 Å². The summed E-state index contributed by atoms with van der Waals surface area (Å²) in [4.78, 5) is 16.1. The molecule has 2 N–H and O–H groups in total. The van der Waals surface area contributed by atoms with E-state index in [9.17, 15) is 4.79 Å². The number of pyridine rings is 1. The number of nitrogens with one attached hydrogen (secondary N) is 2. The lowest BCUT2D eigenvalue weighted by Gasteiger charge is -2.09. The molecule has 0 aliphatic carbocycles. The molecule has 0 aliphatic rings. The Morgan fingerprint density at radius 2 is 1.68 bits per heavy atom. The molecular weight excluding hydrogens is 314 g/mol. The van der Waals surface area contributed by atoms with Crippen molar-refractivity contribution in [3.63, 3.8) is 0 Å². The Labute approximate surface area is 146 Å². The molecule has 2 amide bonds. The van der Waals surface area contributed by atoms with Crippen LogP contribution in [0.15, 0.2) is 79.0 Å². The Bertz CT molecular complexity index is 807. The fraction of sp³-hybridized carbons (Fsp3) is 0.100. The molecule has 1 aromatic heterocycles. The molecule has 1 heterocycles. The van der Waals surface area contributed by atoms with Gasteiger partial charge in [0, 0.05) is 24.5 Å². The van der Waals surface area contributed by atoms with E-state index in [4.69, 9.17) is 4.74 Å². The van der Waals surface area contributed by atoms with E-state index >= 15 is 0 Å². The van der Waals surface area contributed by atoms with Gasteiger partial charge in [0.15, 0.2) is 0 Å². The van der Waals surface area contributed by atoms with Crippen molar-refractivity contribution in [1.29, 1.82) is 0 Å². The van der Waals surface area contributed by atoms with Crippen molar-refractivity contribution in [2.75, 3.05) is 11.9 Å². The zero-order valence-corrected chi connectivity index (χ0v) is 13.7. The minimum atomic E-state index is -0.257. The molecule has 5 heteroatoms. The van der Waals surface area contributed by atoms with Gasteiger partial charge in [0.25, 0.3) is 0 Å². The predicted molar refractivity (Wildman–Crippen MR) is 97.9 cm³/mol. The maximum Gasteiger partial charge on any atom is 0.319 e. The smallest absolute Gasteiger partial charge is 0.319 e. The van der Waals surface area contributed by atoms with Gasteiger partial charge in [-0.25, -0.2) is 9.78 Å². The number of anilines is 1. The number of nitrogens with zero attached hydrogens (tertiary/aromatic N) is 1. The van der Waals surface area contributed by atoms with Crippen molar-refractivity contribution in [3.8, 4) is 11.6 Å². The second-order valence-corrected chi connectivity index (χ2v) is 5.41. The molecule has 3 aromatic rings. The van der Waals surface area contributed by atoms with Crippen molar-refractivity contribution in [2.24, 2.45) is 0 Å². The number of hydrogen-bond donors (Lipinski definition) is 2. The lowest BCUT2D eigenvalue weighted by molar-refractivity contribution is 0.252. The van der Waals surface area contributed by atoms with E-state index in [0.717, 1.165) is 6.42 Å². The predicted octanol–water partition coefficient (Wildman–Crippen LogP) is 4.24. The van der Waals surface area contributed by atoms with Crippen LogP contribution in [0.1, 0.15) is 5.56 Å². The summed E-state index contributed by atoms with van der Waals surface area (Å²) in [6.07, 6.45) is 2.38. The molecule has 0 aliphatic heterocycles. The Morgan fingerprint density at radius 1 is 0.960 bits per heavy atom. The summed E-state index contributed by atoms with van der Waals surface area (Å²) in [6, 6.07) is 22.5. The van der Waals surface area contributed by atoms with E-state index in [-0.39, 0.29) is 6.03 Å².